The summed E-state index contributed by atoms with van der Waals surface area (Å²) in [5.74, 6) is -0.201. The number of nitrogens with one attached hydrogen (secondary N) is 2. The molecule has 9 heteroatoms. The van der Waals surface area contributed by atoms with Crippen LogP contribution >= 0.6 is 15.9 Å². The zero-order valence-corrected chi connectivity index (χ0v) is 14.0. The molecule has 0 aliphatic heterocycles. The zero-order chi connectivity index (χ0) is 18.0. The average molecular weight is 411 g/mol. The monoisotopic (exact) mass is 410 g/mol. The minimum Gasteiger partial charge on any atom is -0.307 e. The molecule has 2 aromatic heterocycles. The van der Waals surface area contributed by atoms with Crippen molar-refractivity contribution in [2.45, 2.75) is 6.18 Å². The predicted octanol–water partition coefficient (Wildman–Crippen LogP) is 5.06. The predicted molar refractivity (Wildman–Crippen MR) is 91.3 cm³/mol. The van der Waals surface area contributed by atoms with Crippen LogP contribution in [0.2, 0.25) is 0 Å². The maximum absolute atomic E-state index is 12.7. The number of aromatic nitrogens is 2. The molecule has 2 amide bonds. The van der Waals surface area contributed by atoms with Crippen LogP contribution in [-0.2, 0) is 6.18 Å². The Kier molecular flexibility index (Phi) is 4.58. The van der Waals surface area contributed by atoms with Crippen LogP contribution < -0.4 is 10.6 Å². The zero-order valence-electron chi connectivity index (χ0n) is 12.4. The summed E-state index contributed by atoms with van der Waals surface area (Å²) in [4.78, 5) is 19.7. The molecule has 0 aliphatic rings. The summed E-state index contributed by atoms with van der Waals surface area (Å²) in [5, 5.41) is 5.57. The number of amides is 2. The number of benzene rings is 1. The number of carbonyl (C=O) groups excluding carboxylic acids is 1. The highest BCUT2D eigenvalue weighted by atomic mass is 79.9. The van der Waals surface area contributed by atoms with Gasteiger partial charge in [0.15, 0.2) is 0 Å². The van der Waals surface area contributed by atoms with Crippen molar-refractivity contribution in [1.82, 2.24) is 9.97 Å². The van der Waals surface area contributed by atoms with Crippen LogP contribution in [0.15, 0.2) is 53.1 Å². The molecule has 0 spiro atoms. The van der Waals surface area contributed by atoms with Crippen molar-refractivity contribution in [1.29, 1.82) is 0 Å². The Labute approximate surface area is 148 Å². The van der Waals surface area contributed by atoms with E-state index in [0.29, 0.717) is 16.6 Å². The number of anilines is 2. The highest BCUT2D eigenvalue weighted by Crippen LogP contribution is 2.28. The number of alkyl halides is 3. The van der Waals surface area contributed by atoms with E-state index in [1.807, 2.05) is 0 Å². The van der Waals surface area contributed by atoms with E-state index in [1.165, 1.54) is 18.3 Å². The van der Waals surface area contributed by atoms with Crippen molar-refractivity contribution in [3.8, 4) is 0 Å². The highest BCUT2D eigenvalue weighted by molar-refractivity contribution is 9.10. The molecule has 0 aliphatic carbocycles. The Morgan fingerprint density at radius 1 is 1.08 bits per heavy atom. The van der Waals surface area contributed by atoms with Crippen LogP contribution in [0, 0.1) is 0 Å². The molecular formula is C16H10BrF3N4O. The second kappa shape index (κ2) is 6.67. The van der Waals surface area contributed by atoms with E-state index < -0.39 is 17.9 Å². The molecule has 0 saturated heterocycles. The second-order valence-electron chi connectivity index (χ2n) is 5.00. The third kappa shape index (κ3) is 4.05. The molecular weight excluding hydrogens is 401 g/mol. The fourth-order valence-corrected chi connectivity index (χ4v) is 2.51. The summed E-state index contributed by atoms with van der Waals surface area (Å²) in [6, 6.07) is 9.51. The van der Waals surface area contributed by atoms with Gasteiger partial charge in [-0.05, 0) is 36.4 Å². The molecule has 5 nitrogen and oxygen atoms in total. The van der Waals surface area contributed by atoms with Crippen molar-refractivity contribution in [3.05, 3.63) is 58.8 Å². The summed E-state index contributed by atoms with van der Waals surface area (Å²) in [5.41, 5.74) is 0.0517. The standard InChI is InChI=1S/C16H10BrF3N4O/c17-9-4-5-10-11(6-7-21-12(10)8-9)22-15(25)24-14-3-1-2-13(23-14)16(18,19)20/h1-8H,(H2,21,22,23,24,25). The number of rotatable bonds is 2. The maximum Gasteiger partial charge on any atom is 0.433 e. The van der Waals surface area contributed by atoms with E-state index in [0.717, 1.165) is 10.5 Å². The highest BCUT2D eigenvalue weighted by Gasteiger charge is 2.32. The minimum atomic E-state index is -4.58. The molecule has 2 heterocycles. The number of carbonyl (C=O) groups is 1. The van der Waals surface area contributed by atoms with Crippen LogP contribution in [0.25, 0.3) is 10.9 Å². The van der Waals surface area contributed by atoms with Gasteiger partial charge in [-0.25, -0.2) is 9.78 Å². The number of hydrogen-bond acceptors (Lipinski definition) is 3. The van der Waals surface area contributed by atoms with Crippen LogP contribution in [0.3, 0.4) is 0 Å². The first kappa shape index (κ1) is 17.2. The van der Waals surface area contributed by atoms with Gasteiger partial charge in [0, 0.05) is 16.1 Å². The summed E-state index contributed by atoms with van der Waals surface area (Å²) in [6.07, 6.45) is -3.06. The molecule has 0 saturated carbocycles. The molecule has 0 bridgehead atoms. The number of nitrogens with zero attached hydrogens (tertiary/aromatic N) is 2. The number of halogens is 4. The molecule has 2 N–H and O–H groups in total. The topological polar surface area (TPSA) is 66.9 Å². The number of urea groups is 1. The summed E-state index contributed by atoms with van der Waals surface area (Å²) >= 11 is 3.33. The normalized spacial score (nSPS) is 11.4. The lowest BCUT2D eigenvalue weighted by Gasteiger charge is -2.11. The van der Waals surface area contributed by atoms with Gasteiger partial charge in [0.1, 0.15) is 11.5 Å². The molecule has 1 aromatic carbocycles. The van der Waals surface area contributed by atoms with E-state index in [9.17, 15) is 18.0 Å². The third-order valence-electron chi connectivity index (χ3n) is 3.23. The molecule has 128 valence electrons. The molecule has 0 fully saturated rings. The van der Waals surface area contributed by atoms with Crippen LogP contribution in [0.1, 0.15) is 5.69 Å². The Bertz CT molecular complexity index is 946. The van der Waals surface area contributed by atoms with Crippen molar-refractivity contribution >= 4 is 44.4 Å². The van der Waals surface area contributed by atoms with Gasteiger partial charge in [-0.3, -0.25) is 10.3 Å². The Balaban J connectivity index is 1.80. The molecule has 3 rings (SSSR count). The quantitative estimate of drug-likeness (QED) is 0.620. The van der Waals surface area contributed by atoms with E-state index in [-0.39, 0.29) is 5.82 Å². The average Bonchev–Trinajstić information content (AvgIpc) is 2.54. The van der Waals surface area contributed by atoms with Gasteiger partial charge < -0.3 is 5.32 Å². The van der Waals surface area contributed by atoms with Crippen molar-refractivity contribution in [2.75, 3.05) is 10.6 Å². The Morgan fingerprint density at radius 3 is 2.64 bits per heavy atom. The second-order valence-corrected chi connectivity index (χ2v) is 5.92. The fourth-order valence-electron chi connectivity index (χ4n) is 2.16. The van der Waals surface area contributed by atoms with Crippen LogP contribution in [0.4, 0.5) is 29.5 Å². The number of fused-ring (bicyclic) bond motifs is 1. The first-order valence-electron chi connectivity index (χ1n) is 6.99. The molecule has 0 unspecified atom stereocenters. The third-order valence-corrected chi connectivity index (χ3v) is 3.73. The summed E-state index contributed by atoms with van der Waals surface area (Å²) in [7, 11) is 0. The minimum absolute atomic E-state index is 0.201. The van der Waals surface area contributed by atoms with E-state index in [2.05, 4.69) is 36.5 Å². The van der Waals surface area contributed by atoms with Gasteiger partial charge in [0.2, 0.25) is 0 Å². The summed E-state index contributed by atoms with van der Waals surface area (Å²) < 4.78 is 38.8. The molecule has 25 heavy (non-hydrogen) atoms. The summed E-state index contributed by atoms with van der Waals surface area (Å²) in [6.45, 7) is 0. The lowest BCUT2D eigenvalue weighted by Crippen LogP contribution is -2.21. The van der Waals surface area contributed by atoms with E-state index >= 15 is 0 Å². The van der Waals surface area contributed by atoms with Gasteiger partial charge in [0.25, 0.3) is 0 Å². The lowest BCUT2D eigenvalue weighted by atomic mass is 10.2. The van der Waals surface area contributed by atoms with Gasteiger partial charge >= 0.3 is 12.2 Å². The van der Waals surface area contributed by atoms with Crippen molar-refractivity contribution in [2.24, 2.45) is 0 Å². The Hall–Kier alpha value is -2.68. The van der Waals surface area contributed by atoms with Gasteiger partial charge in [-0.15, -0.1) is 0 Å². The van der Waals surface area contributed by atoms with Gasteiger partial charge in [-0.2, -0.15) is 13.2 Å². The van der Waals surface area contributed by atoms with Gasteiger partial charge in [0.05, 0.1) is 11.2 Å². The maximum atomic E-state index is 12.7. The van der Waals surface area contributed by atoms with Crippen molar-refractivity contribution in [3.63, 3.8) is 0 Å². The lowest BCUT2D eigenvalue weighted by molar-refractivity contribution is -0.141. The van der Waals surface area contributed by atoms with E-state index in [4.69, 9.17) is 0 Å². The number of pyridine rings is 2. The van der Waals surface area contributed by atoms with Crippen molar-refractivity contribution < 1.29 is 18.0 Å². The molecule has 0 atom stereocenters. The first-order chi connectivity index (χ1) is 11.8. The first-order valence-corrected chi connectivity index (χ1v) is 7.79. The fraction of sp³-hybridized carbons (Fsp3) is 0.0625. The van der Waals surface area contributed by atoms with Crippen LogP contribution in [-0.4, -0.2) is 16.0 Å². The van der Waals surface area contributed by atoms with Crippen LogP contribution in [0.5, 0.6) is 0 Å². The Morgan fingerprint density at radius 2 is 1.88 bits per heavy atom. The molecule has 3 aromatic rings. The SMILES string of the molecule is O=C(Nc1cccc(C(F)(F)F)n1)Nc1ccnc2cc(Br)ccc12. The smallest absolute Gasteiger partial charge is 0.307 e. The molecule has 0 radical (unpaired) electrons. The van der Waals surface area contributed by atoms with Gasteiger partial charge in [-0.1, -0.05) is 22.0 Å². The number of hydrogen-bond donors (Lipinski definition) is 2. The van der Waals surface area contributed by atoms with E-state index in [1.54, 1.807) is 24.3 Å². The largest absolute Gasteiger partial charge is 0.433 e.